The van der Waals surface area contributed by atoms with E-state index in [4.69, 9.17) is 9.84 Å². The lowest BCUT2D eigenvalue weighted by Crippen LogP contribution is -2.34. The number of rotatable bonds is 6. The fourth-order valence-corrected chi connectivity index (χ4v) is 1.17. The summed E-state index contributed by atoms with van der Waals surface area (Å²) in [4.78, 5) is 29.4. The van der Waals surface area contributed by atoms with Gasteiger partial charge in [0, 0.05) is 19.7 Å². The number of ether oxygens (including phenoxy) is 1. The van der Waals surface area contributed by atoms with E-state index in [0.29, 0.717) is 19.0 Å². The smallest absolute Gasteiger partial charge is 0.323 e. The lowest BCUT2D eigenvalue weighted by molar-refractivity contribution is -0.135. The number of methoxy groups -OCH3 is 1. The first-order valence-corrected chi connectivity index (χ1v) is 4.64. The molecule has 0 aliphatic rings. The number of nitrogens with one attached hydrogen (secondary N) is 1. The van der Waals surface area contributed by atoms with Gasteiger partial charge in [0.25, 0.3) is 5.56 Å². The van der Waals surface area contributed by atoms with Crippen LogP contribution in [0, 0.1) is 0 Å². The third-order valence-corrected chi connectivity index (χ3v) is 1.88. The molecule has 16 heavy (non-hydrogen) atoms. The largest absolute Gasteiger partial charge is 0.480 e. The van der Waals surface area contributed by atoms with E-state index >= 15 is 0 Å². The third-order valence-electron chi connectivity index (χ3n) is 1.88. The van der Waals surface area contributed by atoms with Crippen LogP contribution in [-0.2, 0) is 9.53 Å². The average Bonchev–Trinajstić information content (AvgIpc) is 2.23. The fraction of sp³-hybridized carbons (Fsp3) is 0.444. The molecule has 0 radical (unpaired) electrons. The zero-order valence-electron chi connectivity index (χ0n) is 8.84. The number of nitrogens with zero attached hydrogens (tertiary/aromatic N) is 2. The summed E-state index contributed by atoms with van der Waals surface area (Å²) in [6.07, 6.45) is 1.24. The van der Waals surface area contributed by atoms with E-state index in [1.165, 1.54) is 24.4 Å². The number of carbonyl (C=O) groups is 1. The van der Waals surface area contributed by atoms with E-state index in [1.807, 2.05) is 0 Å². The SMILES string of the molecule is COCCN(CC(=O)O)c1cc(=O)[nH]cn1. The number of H-pyrrole nitrogens is 1. The van der Waals surface area contributed by atoms with Gasteiger partial charge in [-0.2, -0.15) is 0 Å². The van der Waals surface area contributed by atoms with Crippen molar-refractivity contribution in [3.8, 4) is 0 Å². The van der Waals surface area contributed by atoms with Crippen LogP contribution in [0.1, 0.15) is 0 Å². The number of hydrogen-bond donors (Lipinski definition) is 2. The second kappa shape index (κ2) is 5.86. The minimum atomic E-state index is -0.988. The molecule has 1 aromatic rings. The minimum Gasteiger partial charge on any atom is -0.480 e. The second-order valence-electron chi connectivity index (χ2n) is 3.08. The Labute approximate surface area is 91.7 Å². The first-order chi connectivity index (χ1) is 7.63. The molecule has 0 fully saturated rings. The summed E-state index contributed by atoms with van der Waals surface area (Å²) >= 11 is 0. The van der Waals surface area contributed by atoms with Crippen molar-refractivity contribution in [1.29, 1.82) is 0 Å². The normalized spacial score (nSPS) is 10.1. The second-order valence-corrected chi connectivity index (χ2v) is 3.08. The number of anilines is 1. The van der Waals surface area contributed by atoms with Gasteiger partial charge in [-0.05, 0) is 0 Å². The summed E-state index contributed by atoms with van der Waals surface area (Å²) < 4.78 is 4.86. The van der Waals surface area contributed by atoms with Crippen molar-refractivity contribution in [3.63, 3.8) is 0 Å². The molecule has 0 bridgehead atoms. The summed E-state index contributed by atoms with van der Waals surface area (Å²) in [5.74, 6) is -0.665. The predicted molar refractivity (Wildman–Crippen MR) is 56.6 cm³/mol. The van der Waals surface area contributed by atoms with Crippen LogP contribution in [0.3, 0.4) is 0 Å². The van der Waals surface area contributed by atoms with Crippen molar-refractivity contribution >= 4 is 11.8 Å². The Balaban J connectivity index is 2.82. The molecule has 1 rings (SSSR count). The Morgan fingerprint density at radius 1 is 1.69 bits per heavy atom. The van der Waals surface area contributed by atoms with Gasteiger partial charge in [-0.1, -0.05) is 0 Å². The maximum atomic E-state index is 11.1. The maximum absolute atomic E-state index is 11.1. The molecular formula is C9H13N3O4. The molecule has 0 saturated carbocycles. The molecule has 0 atom stereocenters. The zero-order valence-corrected chi connectivity index (χ0v) is 8.84. The van der Waals surface area contributed by atoms with E-state index in [2.05, 4.69) is 9.97 Å². The van der Waals surface area contributed by atoms with Crippen molar-refractivity contribution in [2.24, 2.45) is 0 Å². The van der Waals surface area contributed by atoms with Crippen molar-refractivity contribution in [2.75, 3.05) is 31.7 Å². The summed E-state index contributed by atoms with van der Waals surface area (Å²) in [5.41, 5.74) is -0.321. The minimum absolute atomic E-state index is 0.222. The van der Waals surface area contributed by atoms with Gasteiger partial charge in [-0.3, -0.25) is 9.59 Å². The number of aromatic amines is 1. The number of carboxylic acid groups (broad SMARTS) is 1. The quantitative estimate of drug-likeness (QED) is 0.667. The monoisotopic (exact) mass is 227 g/mol. The number of aromatic nitrogens is 2. The molecule has 7 nitrogen and oxygen atoms in total. The van der Waals surface area contributed by atoms with Gasteiger partial charge < -0.3 is 19.7 Å². The van der Waals surface area contributed by atoms with Gasteiger partial charge in [0.2, 0.25) is 0 Å². The van der Waals surface area contributed by atoms with E-state index in [9.17, 15) is 9.59 Å². The fourth-order valence-electron chi connectivity index (χ4n) is 1.17. The highest BCUT2D eigenvalue weighted by Crippen LogP contribution is 2.05. The highest BCUT2D eigenvalue weighted by Gasteiger charge is 2.11. The van der Waals surface area contributed by atoms with Gasteiger partial charge in [0.1, 0.15) is 12.4 Å². The van der Waals surface area contributed by atoms with Crippen LogP contribution in [0.5, 0.6) is 0 Å². The molecule has 0 spiro atoms. The summed E-state index contributed by atoms with van der Waals surface area (Å²) in [7, 11) is 1.52. The van der Waals surface area contributed by atoms with Crippen LogP contribution < -0.4 is 10.5 Å². The van der Waals surface area contributed by atoms with Crippen molar-refractivity contribution < 1.29 is 14.6 Å². The topological polar surface area (TPSA) is 95.5 Å². The van der Waals surface area contributed by atoms with Crippen molar-refractivity contribution in [1.82, 2.24) is 9.97 Å². The van der Waals surface area contributed by atoms with E-state index in [-0.39, 0.29) is 12.1 Å². The maximum Gasteiger partial charge on any atom is 0.323 e. The third kappa shape index (κ3) is 3.70. The highest BCUT2D eigenvalue weighted by atomic mass is 16.5. The van der Waals surface area contributed by atoms with Gasteiger partial charge in [-0.15, -0.1) is 0 Å². The lowest BCUT2D eigenvalue weighted by Gasteiger charge is -2.20. The Bertz CT molecular complexity index is 404. The average molecular weight is 227 g/mol. The molecule has 0 amide bonds. The van der Waals surface area contributed by atoms with Gasteiger partial charge in [-0.25, -0.2) is 4.98 Å². The molecule has 1 heterocycles. The molecule has 2 N–H and O–H groups in total. The predicted octanol–water partition coefficient (Wildman–Crippen LogP) is -0.693. The Hall–Kier alpha value is -1.89. The number of hydrogen-bond acceptors (Lipinski definition) is 5. The van der Waals surface area contributed by atoms with E-state index in [0.717, 1.165) is 0 Å². The van der Waals surface area contributed by atoms with Gasteiger partial charge in [0.05, 0.1) is 12.9 Å². The first kappa shape index (κ1) is 12.2. The Kier molecular flexibility index (Phi) is 4.46. The molecule has 0 aliphatic heterocycles. The zero-order chi connectivity index (χ0) is 12.0. The van der Waals surface area contributed by atoms with Crippen LogP contribution >= 0.6 is 0 Å². The standard InChI is InChI=1S/C9H13N3O4/c1-16-3-2-12(5-9(14)15)7-4-8(13)11-6-10-7/h4,6H,2-3,5H2,1H3,(H,14,15)(H,10,11,13). The van der Waals surface area contributed by atoms with E-state index < -0.39 is 5.97 Å². The van der Waals surface area contributed by atoms with Crippen molar-refractivity contribution in [3.05, 3.63) is 22.7 Å². The molecule has 1 aromatic heterocycles. The van der Waals surface area contributed by atoms with Crippen LogP contribution in [0.15, 0.2) is 17.2 Å². The molecule has 7 heteroatoms. The highest BCUT2D eigenvalue weighted by molar-refractivity contribution is 5.73. The van der Waals surface area contributed by atoms with Crippen LogP contribution in [0.2, 0.25) is 0 Å². The summed E-state index contributed by atoms with van der Waals surface area (Å²) in [6.45, 7) is 0.501. The molecule has 88 valence electrons. The summed E-state index contributed by atoms with van der Waals surface area (Å²) in [5, 5.41) is 8.72. The van der Waals surface area contributed by atoms with E-state index in [1.54, 1.807) is 0 Å². The number of carboxylic acids is 1. The van der Waals surface area contributed by atoms with Gasteiger partial charge >= 0.3 is 5.97 Å². The van der Waals surface area contributed by atoms with Crippen molar-refractivity contribution in [2.45, 2.75) is 0 Å². The van der Waals surface area contributed by atoms with Crippen LogP contribution in [-0.4, -0.2) is 47.8 Å². The molecule has 0 unspecified atom stereocenters. The molecular weight excluding hydrogens is 214 g/mol. The number of aliphatic carboxylic acids is 1. The Morgan fingerprint density at radius 2 is 2.44 bits per heavy atom. The molecule has 0 aromatic carbocycles. The Morgan fingerprint density at radius 3 is 3.00 bits per heavy atom. The molecule has 0 aliphatic carbocycles. The first-order valence-electron chi connectivity index (χ1n) is 4.64. The van der Waals surface area contributed by atoms with Crippen LogP contribution in [0.4, 0.5) is 5.82 Å². The lowest BCUT2D eigenvalue weighted by atomic mass is 10.4. The van der Waals surface area contributed by atoms with Gasteiger partial charge in [0.15, 0.2) is 0 Å². The van der Waals surface area contributed by atoms with Crippen LogP contribution in [0.25, 0.3) is 0 Å². The molecule has 0 saturated heterocycles. The summed E-state index contributed by atoms with van der Waals surface area (Å²) in [6, 6.07) is 1.25.